The Morgan fingerprint density at radius 2 is 1.62 bits per heavy atom. The maximum atomic E-state index is 5.80. The second-order valence-corrected chi connectivity index (χ2v) is 5.57. The van der Waals surface area contributed by atoms with Crippen LogP contribution in [0, 0.1) is 5.92 Å². The summed E-state index contributed by atoms with van der Waals surface area (Å²) in [5, 5.41) is 0. The van der Waals surface area contributed by atoms with Crippen molar-refractivity contribution in [2.24, 2.45) is 5.92 Å². The lowest BCUT2D eigenvalue weighted by atomic mass is 10.1. The summed E-state index contributed by atoms with van der Waals surface area (Å²) in [5.74, 6) is 0.815. The molecule has 0 spiro atoms. The summed E-state index contributed by atoms with van der Waals surface area (Å²) in [5.41, 5.74) is 10.1. The molecule has 0 aromatic heterocycles. The van der Waals surface area contributed by atoms with Gasteiger partial charge in [-0.3, -0.25) is 0 Å². The van der Waals surface area contributed by atoms with Gasteiger partial charge in [0.25, 0.3) is 0 Å². The lowest BCUT2D eigenvalue weighted by Gasteiger charge is -2.12. The molecule has 3 heteroatoms. The summed E-state index contributed by atoms with van der Waals surface area (Å²) in [7, 11) is 0. The highest BCUT2D eigenvalue weighted by Gasteiger charge is 2.21. The molecule has 2 N–H and O–H groups in total. The fraction of sp³-hybridized carbons (Fsp3) is 0.333. The molecule has 0 bridgehead atoms. The quantitative estimate of drug-likeness (QED) is 0.724. The van der Waals surface area contributed by atoms with Gasteiger partial charge >= 0.3 is 0 Å². The predicted octanol–water partition coefficient (Wildman–Crippen LogP) is 3.73. The third kappa shape index (κ3) is 4.59. The fourth-order valence-corrected chi connectivity index (χ4v) is 2.25. The monoisotopic (exact) mass is 282 g/mol. The van der Waals surface area contributed by atoms with E-state index in [2.05, 4.69) is 35.1 Å². The van der Waals surface area contributed by atoms with E-state index in [0.29, 0.717) is 6.61 Å². The summed E-state index contributed by atoms with van der Waals surface area (Å²) in [6, 6.07) is 18.6. The molecular formula is C18H22N2O. The number of nitrogens with one attached hydrogen (secondary N) is 2. The largest absolute Gasteiger partial charge is 0.376 e. The molecule has 0 aliphatic heterocycles. The number of hydrogen-bond acceptors (Lipinski definition) is 3. The van der Waals surface area contributed by atoms with Gasteiger partial charge in [0.05, 0.1) is 6.61 Å². The van der Waals surface area contributed by atoms with Gasteiger partial charge in [-0.15, -0.1) is 0 Å². The van der Waals surface area contributed by atoms with Crippen LogP contribution in [-0.4, -0.2) is 6.61 Å². The highest BCUT2D eigenvalue weighted by molar-refractivity contribution is 5.41. The SMILES string of the molecule is c1ccc(NNCc2ccccc2COCC2CC2)cc1. The Bertz CT molecular complexity index is 552. The Balaban J connectivity index is 1.49. The first-order valence-corrected chi connectivity index (χ1v) is 7.60. The molecule has 0 radical (unpaired) electrons. The minimum Gasteiger partial charge on any atom is -0.376 e. The van der Waals surface area contributed by atoms with Crippen LogP contribution in [-0.2, 0) is 17.9 Å². The second kappa shape index (κ2) is 7.25. The van der Waals surface area contributed by atoms with E-state index >= 15 is 0 Å². The minimum atomic E-state index is 0.708. The van der Waals surface area contributed by atoms with E-state index in [4.69, 9.17) is 4.74 Å². The maximum Gasteiger partial charge on any atom is 0.0720 e. The van der Waals surface area contributed by atoms with Gasteiger partial charge in [-0.05, 0) is 42.0 Å². The molecular weight excluding hydrogens is 260 g/mol. The van der Waals surface area contributed by atoms with Gasteiger partial charge in [0.15, 0.2) is 0 Å². The van der Waals surface area contributed by atoms with Crippen LogP contribution in [0.1, 0.15) is 24.0 Å². The smallest absolute Gasteiger partial charge is 0.0720 e. The third-order valence-electron chi connectivity index (χ3n) is 3.71. The van der Waals surface area contributed by atoms with Crippen LogP contribution in [0.3, 0.4) is 0 Å². The van der Waals surface area contributed by atoms with Crippen molar-refractivity contribution >= 4 is 5.69 Å². The first kappa shape index (κ1) is 14.1. The Morgan fingerprint density at radius 1 is 0.905 bits per heavy atom. The van der Waals surface area contributed by atoms with Crippen LogP contribution in [0.5, 0.6) is 0 Å². The number of anilines is 1. The predicted molar refractivity (Wildman–Crippen MR) is 85.7 cm³/mol. The van der Waals surface area contributed by atoms with Crippen LogP contribution in [0.25, 0.3) is 0 Å². The summed E-state index contributed by atoms with van der Waals surface area (Å²) >= 11 is 0. The van der Waals surface area contributed by atoms with Crippen molar-refractivity contribution in [2.45, 2.75) is 26.0 Å². The van der Waals surface area contributed by atoms with Crippen LogP contribution >= 0.6 is 0 Å². The van der Waals surface area contributed by atoms with Gasteiger partial charge in [0.2, 0.25) is 0 Å². The summed E-state index contributed by atoms with van der Waals surface area (Å²) in [4.78, 5) is 0. The summed E-state index contributed by atoms with van der Waals surface area (Å²) in [6.07, 6.45) is 2.67. The van der Waals surface area contributed by atoms with E-state index in [1.165, 1.54) is 24.0 Å². The number of rotatable bonds is 8. The average molecular weight is 282 g/mol. The van der Waals surface area contributed by atoms with E-state index in [1.54, 1.807) is 0 Å². The molecule has 2 aromatic rings. The van der Waals surface area contributed by atoms with Gasteiger partial charge in [-0.1, -0.05) is 42.5 Å². The summed E-state index contributed by atoms with van der Waals surface area (Å²) in [6.45, 7) is 2.39. The first-order chi connectivity index (χ1) is 10.4. The van der Waals surface area contributed by atoms with Gasteiger partial charge < -0.3 is 10.2 Å². The Kier molecular flexibility index (Phi) is 4.87. The Morgan fingerprint density at radius 3 is 2.38 bits per heavy atom. The molecule has 2 aromatic carbocycles. The van der Waals surface area contributed by atoms with Crippen molar-refractivity contribution in [3.05, 3.63) is 65.7 Å². The minimum absolute atomic E-state index is 0.708. The zero-order chi connectivity index (χ0) is 14.3. The zero-order valence-electron chi connectivity index (χ0n) is 12.2. The van der Waals surface area contributed by atoms with Crippen molar-refractivity contribution in [1.29, 1.82) is 0 Å². The average Bonchev–Trinajstić information content (AvgIpc) is 3.34. The molecule has 21 heavy (non-hydrogen) atoms. The second-order valence-electron chi connectivity index (χ2n) is 5.57. The molecule has 3 rings (SSSR count). The topological polar surface area (TPSA) is 33.3 Å². The highest BCUT2D eigenvalue weighted by atomic mass is 16.5. The van der Waals surface area contributed by atoms with E-state index in [-0.39, 0.29) is 0 Å². The molecule has 1 fully saturated rings. The number of hydrogen-bond donors (Lipinski definition) is 2. The van der Waals surface area contributed by atoms with Gasteiger partial charge in [-0.25, -0.2) is 5.43 Å². The number of ether oxygens (including phenoxy) is 1. The van der Waals surface area contributed by atoms with E-state index in [0.717, 1.165) is 24.8 Å². The molecule has 0 unspecified atom stereocenters. The summed E-state index contributed by atoms with van der Waals surface area (Å²) < 4.78 is 5.80. The molecule has 1 saturated carbocycles. The number of hydrazine groups is 1. The van der Waals surface area contributed by atoms with Crippen molar-refractivity contribution in [3.63, 3.8) is 0 Å². The molecule has 1 aliphatic rings. The van der Waals surface area contributed by atoms with E-state index in [1.807, 2.05) is 30.3 Å². The van der Waals surface area contributed by atoms with Crippen molar-refractivity contribution in [3.8, 4) is 0 Å². The molecule has 3 nitrogen and oxygen atoms in total. The number of benzene rings is 2. The normalized spacial score (nSPS) is 14.1. The third-order valence-corrected chi connectivity index (χ3v) is 3.71. The maximum absolute atomic E-state index is 5.80. The van der Waals surface area contributed by atoms with Crippen LogP contribution < -0.4 is 10.9 Å². The lowest BCUT2D eigenvalue weighted by molar-refractivity contribution is 0.110. The first-order valence-electron chi connectivity index (χ1n) is 7.60. The molecule has 110 valence electrons. The van der Waals surface area contributed by atoms with Crippen LogP contribution in [0.4, 0.5) is 5.69 Å². The van der Waals surface area contributed by atoms with Gasteiger partial charge in [-0.2, -0.15) is 0 Å². The Hall–Kier alpha value is -1.84. The van der Waals surface area contributed by atoms with Crippen molar-refractivity contribution < 1.29 is 4.74 Å². The molecule has 0 saturated heterocycles. The lowest BCUT2D eigenvalue weighted by Crippen LogP contribution is -2.21. The molecule has 0 atom stereocenters. The van der Waals surface area contributed by atoms with E-state index in [9.17, 15) is 0 Å². The van der Waals surface area contributed by atoms with Crippen molar-refractivity contribution in [2.75, 3.05) is 12.0 Å². The fourth-order valence-electron chi connectivity index (χ4n) is 2.25. The van der Waals surface area contributed by atoms with Gasteiger partial charge in [0.1, 0.15) is 0 Å². The standard InChI is InChI=1S/C18H22N2O/c1-2-8-18(9-3-1)20-19-12-16-6-4-5-7-17(16)14-21-13-15-10-11-15/h1-9,15,19-20H,10-14H2. The zero-order valence-corrected chi connectivity index (χ0v) is 12.2. The number of para-hydroxylation sites is 1. The van der Waals surface area contributed by atoms with Crippen LogP contribution in [0.2, 0.25) is 0 Å². The highest BCUT2D eigenvalue weighted by Crippen LogP contribution is 2.29. The molecule has 0 amide bonds. The Labute approximate surface area is 126 Å². The van der Waals surface area contributed by atoms with E-state index < -0.39 is 0 Å². The van der Waals surface area contributed by atoms with Crippen LogP contribution in [0.15, 0.2) is 54.6 Å². The van der Waals surface area contributed by atoms with Gasteiger partial charge in [0, 0.05) is 18.8 Å². The molecule has 0 heterocycles. The van der Waals surface area contributed by atoms with Crippen molar-refractivity contribution in [1.82, 2.24) is 5.43 Å². The molecule has 1 aliphatic carbocycles.